The number of carbonyl (C=O) groups is 1. The van der Waals surface area contributed by atoms with E-state index >= 15 is 0 Å². The number of hydrogen-bond acceptors (Lipinski definition) is 5. The van der Waals surface area contributed by atoms with E-state index in [9.17, 15) is 9.90 Å². The number of esters is 1. The van der Waals surface area contributed by atoms with E-state index in [0.717, 1.165) is 41.4 Å². The van der Waals surface area contributed by atoms with Crippen LogP contribution in [0.5, 0.6) is 0 Å². The van der Waals surface area contributed by atoms with E-state index in [1.54, 1.807) is 0 Å². The summed E-state index contributed by atoms with van der Waals surface area (Å²) in [5, 5.41) is 14.9. The molecule has 2 aromatic heterocycles. The van der Waals surface area contributed by atoms with E-state index in [-0.39, 0.29) is 12.6 Å². The number of aryl methyl sites for hydroxylation is 4. The van der Waals surface area contributed by atoms with Crippen molar-refractivity contribution in [2.45, 2.75) is 59.1 Å². The number of aliphatic hydroxyl groups excluding tert-OH is 1. The van der Waals surface area contributed by atoms with Gasteiger partial charge in [0, 0.05) is 43.4 Å². The quantitative estimate of drug-likeness (QED) is 0.320. The number of rotatable bonds is 13. The molecule has 3 aromatic rings. The topological polar surface area (TPSA) is 78.5 Å². The minimum Gasteiger partial charge on any atom is -0.461 e. The number of benzene rings is 1. The van der Waals surface area contributed by atoms with Gasteiger partial charge in [-0.05, 0) is 56.7 Å². The highest BCUT2D eigenvalue weighted by Crippen LogP contribution is 2.29. The highest BCUT2D eigenvalue weighted by Gasteiger charge is 2.23. The Hall–Kier alpha value is -2.64. The second kappa shape index (κ2) is 11.8. The second-order valence-corrected chi connectivity index (χ2v) is 7.91. The first-order valence-corrected chi connectivity index (χ1v) is 11.6. The SMILES string of the molecule is CCOC(=O)c1c(CCCO)c2ccccc2n1CCCCOCc1cc(CC)n(C)n1. The molecule has 0 amide bonds. The molecule has 0 saturated carbocycles. The van der Waals surface area contributed by atoms with Crippen molar-refractivity contribution < 1.29 is 19.4 Å². The number of aliphatic hydroxyl groups is 1. The normalized spacial score (nSPS) is 11.4. The van der Waals surface area contributed by atoms with Crippen molar-refractivity contribution in [1.82, 2.24) is 14.3 Å². The van der Waals surface area contributed by atoms with Crippen LogP contribution in [0.25, 0.3) is 10.9 Å². The van der Waals surface area contributed by atoms with Crippen molar-refractivity contribution in [1.29, 1.82) is 0 Å². The maximum absolute atomic E-state index is 12.8. The molecule has 0 aliphatic heterocycles. The van der Waals surface area contributed by atoms with Gasteiger partial charge in [-0.25, -0.2) is 4.79 Å². The summed E-state index contributed by atoms with van der Waals surface area (Å²) in [6.07, 6.45) is 3.98. The predicted octanol–water partition coefficient (Wildman–Crippen LogP) is 4.04. The first-order valence-electron chi connectivity index (χ1n) is 11.6. The summed E-state index contributed by atoms with van der Waals surface area (Å²) in [5.74, 6) is -0.297. The second-order valence-electron chi connectivity index (χ2n) is 7.91. The van der Waals surface area contributed by atoms with Crippen LogP contribution in [0.15, 0.2) is 30.3 Å². The number of nitrogens with zero attached hydrogens (tertiary/aromatic N) is 3. The van der Waals surface area contributed by atoms with E-state index in [1.807, 2.05) is 42.9 Å². The van der Waals surface area contributed by atoms with E-state index in [0.29, 0.717) is 44.9 Å². The molecule has 1 aromatic carbocycles. The van der Waals surface area contributed by atoms with Crippen molar-refractivity contribution in [2.24, 2.45) is 7.05 Å². The molecule has 0 fully saturated rings. The standard InChI is InChI=1S/C25H35N3O4/c1-4-20-17-19(26-27(20)3)18-31-16-9-8-14-28-23-13-7-6-11-21(23)22(12-10-15-29)24(28)25(30)32-5-2/h6-7,11,13,17,29H,4-5,8-10,12,14-16,18H2,1-3H3. The van der Waals surface area contributed by atoms with Crippen molar-refractivity contribution in [3.63, 3.8) is 0 Å². The summed E-state index contributed by atoms with van der Waals surface area (Å²) in [4.78, 5) is 12.8. The zero-order chi connectivity index (χ0) is 22.9. The van der Waals surface area contributed by atoms with Crippen molar-refractivity contribution in [2.75, 3.05) is 19.8 Å². The Labute approximate surface area is 189 Å². The van der Waals surface area contributed by atoms with Crippen LogP contribution in [-0.2, 0) is 42.5 Å². The van der Waals surface area contributed by atoms with E-state index in [4.69, 9.17) is 9.47 Å². The molecule has 7 nitrogen and oxygen atoms in total. The minimum atomic E-state index is -0.297. The van der Waals surface area contributed by atoms with Crippen molar-refractivity contribution in [3.05, 3.63) is 53.0 Å². The predicted molar refractivity (Wildman–Crippen MR) is 125 cm³/mol. The Morgan fingerprint density at radius 3 is 2.69 bits per heavy atom. The number of aromatic nitrogens is 3. The zero-order valence-corrected chi connectivity index (χ0v) is 19.5. The molecule has 0 spiro atoms. The number of hydrogen-bond donors (Lipinski definition) is 1. The smallest absolute Gasteiger partial charge is 0.355 e. The van der Waals surface area contributed by atoms with Gasteiger partial charge in [0.15, 0.2) is 0 Å². The molecule has 7 heteroatoms. The third-order valence-corrected chi connectivity index (χ3v) is 5.69. The van der Waals surface area contributed by atoms with Crippen LogP contribution in [0.3, 0.4) is 0 Å². The Bertz CT molecular complexity index is 1020. The Morgan fingerprint density at radius 1 is 1.16 bits per heavy atom. The molecule has 2 heterocycles. The molecule has 3 rings (SSSR count). The zero-order valence-electron chi connectivity index (χ0n) is 19.5. The van der Waals surface area contributed by atoms with Gasteiger partial charge in [-0.15, -0.1) is 0 Å². The molecule has 0 aliphatic rings. The fourth-order valence-corrected chi connectivity index (χ4v) is 4.17. The van der Waals surface area contributed by atoms with Crippen molar-refractivity contribution >= 4 is 16.9 Å². The summed E-state index contributed by atoms with van der Waals surface area (Å²) in [6, 6.07) is 10.2. The monoisotopic (exact) mass is 441 g/mol. The van der Waals surface area contributed by atoms with Crippen molar-refractivity contribution in [3.8, 4) is 0 Å². The molecule has 1 N–H and O–H groups in total. The fraction of sp³-hybridized carbons (Fsp3) is 0.520. The third-order valence-electron chi connectivity index (χ3n) is 5.69. The summed E-state index contributed by atoms with van der Waals surface area (Å²) < 4.78 is 15.2. The van der Waals surface area contributed by atoms with E-state index in [1.165, 1.54) is 5.69 Å². The number of carbonyl (C=O) groups excluding carboxylic acids is 1. The third kappa shape index (κ3) is 5.58. The van der Waals surface area contributed by atoms with Crippen LogP contribution < -0.4 is 0 Å². The fourth-order valence-electron chi connectivity index (χ4n) is 4.17. The van der Waals surface area contributed by atoms with Gasteiger partial charge in [0.1, 0.15) is 5.69 Å². The molecular weight excluding hydrogens is 406 g/mol. The van der Waals surface area contributed by atoms with Gasteiger partial charge in [0.2, 0.25) is 0 Å². The van der Waals surface area contributed by atoms with Gasteiger partial charge in [-0.2, -0.15) is 5.10 Å². The lowest BCUT2D eigenvalue weighted by molar-refractivity contribution is 0.0512. The molecule has 0 bridgehead atoms. The molecule has 0 aliphatic carbocycles. The van der Waals surface area contributed by atoms with Gasteiger partial charge in [-0.1, -0.05) is 25.1 Å². The van der Waals surface area contributed by atoms with Gasteiger partial charge in [0.25, 0.3) is 0 Å². The van der Waals surface area contributed by atoms with Gasteiger partial charge < -0.3 is 19.1 Å². The van der Waals surface area contributed by atoms with Crippen LogP contribution in [0.2, 0.25) is 0 Å². The van der Waals surface area contributed by atoms with E-state index < -0.39 is 0 Å². The summed E-state index contributed by atoms with van der Waals surface area (Å²) in [7, 11) is 1.96. The van der Waals surface area contributed by atoms with Crippen LogP contribution >= 0.6 is 0 Å². The average Bonchev–Trinajstić information content (AvgIpc) is 3.31. The van der Waals surface area contributed by atoms with Gasteiger partial charge in [0.05, 0.1) is 18.9 Å². The lowest BCUT2D eigenvalue weighted by Gasteiger charge is -2.12. The average molecular weight is 442 g/mol. The van der Waals surface area contributed by atoms with Crippen LogP contribution in [-0.4, -0.2) is 45.2 Å². The number of ether oxygens (including phenoxy) is 2. The Morgan fingerprint density at radius 2 is 1.97 bits per heavy atom. The Kier molecular flexibility index (Phi) is 8.88. The van der Waals surface area contributed by atoms with E-state index in [2.05, 4.69) is 22.7 Å². The maximum Gasteiger partial charge on any atom is 0.355 e. The molecule has 0 radical (unpaired) electrons. The largest absolute Gasteiger partial charge is 0.461 e. The molecule has 32 heavy (non-hydrogen) atoms. The molecular formula is C25H35N3O4. The van der Waals surface area contributed by atoms with Crippen LogP contribution in [0.1, 0.15) is 60.5 Å². The maximum atomic E-state index is 12.8. The number of fused-ring (bicyclic) bond motifs is 1. The van der Waals surface area contributed by atoms with Gasteiger partial charge >= 0.3 is 5.97 Å². The highest BCUT2D eigenvalue weighted by molar-refractivity contribution is 5.99. The lowest BCUT2D eigenvalue weighted by atomic mass is 10.1. The molecule has 0 saturated heterocycles. The summed E-state index contributed by atoms with van der Waals surface area (Å²) >= 11 is 0. The van der Waals surface area contributed by atoms with Crippen LogP contribution in [0, 0.1) is 0 Å². The summed E-state index contributed by atoms with van der Waals surface area (Å²) in [5.41, 5.74) is 4.77. The highest BCUT2D eigenvalue weighted by atomic mass is 16.5. The summed E-state index contributed by atoms with van der Waals surface area (Å²) in [6.45, 7) is 6.23. The molecule has 0 atom stereocenters. The number of unbranched alkanes of at least 4 members (excludes halogenated alkanes) is 1. The molecule has 0 unspecified atom stereocenters. The minimum absolute atomic E-state index is 0.0924. The van der Waals surface area contributed by atoms with Gasteiger partial charge in [-0.3, -0.25) is 4.68 Å². The first kappa shape index (κ1) is 24.0. The van der Waals surface area contributed by atoms with Crippen LogP contribution in [0.4, 0.5) is 0 Å². The Balaban J connectivity index is 1.66. The lowest BCUT2D eigenvalue weighted by Crippen LogP contribution is -2.15. The number of para-hydroxylation sites is 1. The molecule has 174 valence electrons. The first-order chi connectivity index (χ1) is 15.6.